The third kappa shape index (κ3) is 5.55. The number of amides is 2. The zero-order valence-corrected chi connectivity index (χ0v) is 6.90. The molecule has 0 saturated carbocycles. The molecule has 2 amide bonds. The zero-order valence-electron chi connectivity index (χ0n) is 6.09. The Labute approximate surface area is 62.6 Å². The Hall–Kier alpha value is -0.580. The summed E-state index contributed by atoms with van der Waals surface area (Å²) in [5, 5.41) is 2.42. The number of carbonyl (C=O) groups excluding carboxylic acids is 1. The van der Waals surface area contributed by atoms with E-state index in [0.717, 1.165) is 0 Å². The second-order valence-corrected chi connectivity index (χ2v) is 3.63. The van der Waals surface area contributed by atoms with Crippen molar-refractivity contribution in [2.75, 3.05) is 12.0 Å². The third-order valence-electron chi connectivity index (χ3n) is 0.873. The number of rotatable bonds is 3. The predicted molar refractivity (Wildman–Crippen MR) is 41.1 cm³/mol. The highest BCUT2D eigenvalue weighted by atomic mass is 32.2. The van der Waals surface area contributed by atoms with E-state index < -0.39 is 16.8 Å². The smallest absolute Gasteiger partial charge is 0.312 e. The van der Waals surface area contributed by atoms with Gasteiger partial charge >= 0.3 is 6.03 Å². The van der Waals surface area contributed by atoms with E-state index in [0.29, 0.717) is 5.75 Å². The minimum atomic E-state index is -0.882. The molecule has 0 bridgehead atoms. The van der Waals surface area contributed by atoms with E-state index in [1.807, 2.05) is 0 Å². The van der Waals surface area contributed by atoms with Gasteiger partial charge in [0.05, 0.1) is 0 Å². The molecule has 0 heterocycles. The third-order valence-corrected chi connectivity index (χ3v) is 1.84. The minimum absolute atomic E-state index is 0.108. The first kappa shape index (κ1) is 9.42. The first-order valence-corrected chi connectivity index (χ1v) is 4.61. The van der Waals surface area contributed by atoms with Gasteiger partial charge in [0.2, 0.25) is 0 Å². The lowest BCUT2D eigenvalue weighted by atomic mass is 10.4. The highest BCUT2D eigenvalue weighted by Gasteiger charge is 2.04. The van der Waals surface area contributed by atoms with Gasteiger partial charge < -0.3 is 11.1 Å². The molecule has 5 heteroatoms. The monoisotopic (exact) mass is 164 g/mol. The fourth-order valence-electron chi connectivity index (χ4n) is 0.637. The van der Waals surface area contributed by atoms with E-state index in [-0.39, 0.29) is 6.04 Å². The van der Waals surface area contributed by atoms with Crippen molar-refractivity contribution >= 4 is 16.8 Å². The van der Waals surface area contributed by atoms with Crippen LogP contribution in [0.5, 0.6) is 0 Å². The molecular formula is C5H12N2O2S. The van der Waals surface area contributed by atoms with Gasteiger partial charge in [-0.05, 0) is 6.92 Å². The summed E-state index contributed by atoms with van der Waals surface area (Å²) in [4.78, 5) is 10.2. The summed E-state index contributed by atoms with van der Waals surface area (Å²) < 4.78 is 10.6. The first-order chi connectivity index (χ1) is 4.52. The van der Waals surface area contributed by atoms with Crippen LogP contribution in [0.25, 0.3) is 0 Å². The molecule has 0 aromatic carbocycles. The molecule has 3 N–H and O–H groups in total. The molecule has 0 radical (unpaired) electrons. The van der Waals surface area contributed by atoms with Gasteiger partial charge in [0.15, 0.2) is 0 Å². The van der Waals surface area contributed by atoms with Crippen molar-refractivity contribution in [3.63, 3.8) is 0 Å². The molecule has 0 aromatic rings. The Morgan fingerprint density at radius 3 is 2.60 bits per heavy atom. The maximum absolute atomic E-state index is 10.6. The molecule has 2 unspecified atom stereocenters. The molecule has 0 rings (SSSR count). The Balaban J connectivity index is 3.53. The summed E-state index contributed by atoms with van der Waals surface area (Å²) in [5.74, 6) is 0.447. The van der Waals surface area contributed by atoms with E-state index in [9.17, 15) is 9.00 Å². The van der Waals surface area contributed by atoms with Gasteiger partial charge in [0, 0.05) is 28.9 Å². The average Bonchev–Trinajstić information content (AvgIpc) is 1.58. The highest BCUT2D eigenvalue weighted by molar-refractivity contribution is 7.84. The standard InChI is InChI=1S/C5H12N2O2S/c1-4(3-10(2)9)7-5(6)8/h4H,3H2,1-2H3,(H3,6,7,8). The Morgan fingerprint density at radius 2 is 2.30 bits per heavy atom. The van der Waals surface area contributed by atoms with Crippen molar-refractivity contribution in [1.82, 2.24) is 5.32 Å². The average molecular weight is 164 g/mol. The molecule has 0 aliphatic carbocycles. The van der Waals surface area contributed by atoms with Gasteiger partial charge in [-0.2, -0.15) is 0 Å². The second-order valence-electron chi connectivity index (χ2n) is 2.15. The van der Waals surface area contributed by atoms with Crippen LogP contribution in [0.3, 0.4) is 0 Å². The summed E-state index contributed by atoms with van der Waals surface area (Å²) in [7, 11) is -0.882. The topological polar surface area (TPSA) is 72.2 Å². The van der Waals surface area contributed by atoms with Gasteiger partial charge in [-0.3, -0.25) is 4.21 Å². The lowest BCUT2D eigenvalue weighted by Crippen LogP contribution is -2.39. The van der Waals surface area contributed by atoms with Crippen LogP contribution in [0.1, 0.15) is 6.92 Å². The maximum Gasteiger partial charge on any atom is 0.312 e. The molecule has 4 nitrogen and oxygen atoms in total. The van der Waals surface area contributed by atoms with Crippen molar-refractivity contribution < 1.29 is 9.00 Å². The number of nitrogens with one attached hydrogen (secondary N) is 1. The van der Waals surface area contributed by atoms with Crippen LogP contribution >= 0.6 is 0 Å². The predicted octanol–water partition coefficient (Wildman–Crippen LogP) is -0.578. The molecule has 0 spiro atoms. The molecule has 60 valence electrons. The number of hydrogen-bond acceptors (Lipinski definition) is 2. The summed E-state index contributed by atoms with van der Waals surface area (Å²) in [6, 6.07) is -0.679. The SMILES string of the molecule is CC(CS(C)=O)NC(N)=O. The van der Waals surface area contributed by atoms with Crippen LogP contribution in [0, 0.1) is 0 Å². The maximum atomic E-state index is 10.6. The van der Waals surface area contributed by atoms with Crippen LogP contribution in [-0.2, 0) is 10.8 Å². The van der Waals surface area contributed by atoms with Crippen molar-refractivity contribution in [2.45, 2.75) is 13.0 Å². The van der Waals surface area contributed by atoms with Gasteiger partial charge in [-0.1, -0.05) is 0 Å². The van der Waals surface area contributed by atoms with Crippen molar-refractivity contribution in [3.8, 4) is 0 Å². The summed E-state index contributed by atoms with van der Waals surface area (Å²) in [5.41, 5.74) is 4.82. The van der Waals surface area contributed by atoms with Gasteiger partial charge in [0.25, 0.3) is 0 Å². The summed E-state index contributed by atoms with van der Waals surface area (Å²) in [6.45, 7) is 1.76. The summed E-state index contributed by atoms with van der Waals surface area (Å²) in [6.07, 6.45) is 1.58. The van der Waals surface area contributed by atoms with E-state index >= 15 is 0 Å². The number of primary amides is 1. The zero-order chi connectivity index (χ0) is 8.15. The van der Waals surface area contributed by atoms with Gasteiger partial charge in [0.1, 0.15) is 0 Å². The molecule has 0 saturated heterocycles. The van der Waals surface area contributed by atoms with Crippen molar-refractivity contribution in [3.05, 3.63) is 0 Å². The van der Waals surface area contributed by atoms with E-state index in [4.69, 9.17) is 5.73 Å². The molecule has 0 aliphatic heterocycles. The number of urea groups is 1. The molecule has 0 aromatic heterocycles. The Morgan fingerprint density at radius 1 is 1.80 bits per heavy atom. The normalized spacial score (nSPS) is 15.8. The lowest BCUT2D eigenvalue weighted by molar-refractivity contribution is 0.247. The molecule has 0 fully saturated rings. The molecular weight excluding hydrogens is 152 g/mol. The molecule has 2 atom stereocenters. The quantitative estimate of drug-likeness (QED) is 0.586. The number of nitrogens with two attached hydrogens (primary N) is 1. The minimum Gasteiger partial charge on any atom is -0.352 e. The fourth-order valence-corrected chi connectivity index (χ4v) is 1.42. The molecule has 0 aliphatic rings. The van der Waals surface area contributed by atoms with E-state index in [2.05, 4.69) is 5.32 Å². The number of carbonyl (C=O) groups is 1. The van der Waals surface area contributed by atoms with Gasteiger partial charge in [-0.25, -0.2) is 4.79 Å². The first-order valence-electron chi connectivity index (χ1n) is 2.88. The number of hydrogen-bond donors (Lipinski definition) is 2. The Bertz CT molecular complexity index is 133. The van der Waals surface area contributed by atoms with Crippen LogP contribution in [0.2, 0.25) is 0 Å². The fraction of sp³-hybridized carbons (Fsp3) is 0.800. The highest BCUT2D eigenvalue weighted by Crippen LogP contribution is 1.83. The van der Waals surface area contributed by atoms with Crippen molar-refractivity contribution in [2.24, 2.45) is 5.73 Å². The van der Waals surface area contributed by atoms with E-state index in [1.54, 1.807) is 13.2 Å². The van der Waals surface area contributed by atoms with Gasteiger partial charge in [-0.15, -0.1) is 0 Å². The largest absolute Gasteiger partial charge is 0.352 e. The molecule has 10 heavy (non-hydrogen) atoms. The van der Waals surface area contributed by atoms with Crippen LogP contribution < -0.4 is 11.1 Å². The second kappa shape index (κ2) is 4.27. The Kier molecular flexibility index (Phi) is 4.02. The summed E-state index contributed by atoms with van der Waals surface area (Å²) >= 11 is 0. The van der Waals surface area contributed by atoms with Crippen LogP contribution in [0.4, 0.5) is 4.79 Å². The van der Waals surface area contributed by atoms with Crippen LogP contribution in [0.15, 0.2) is 0 Å². The van der Waals surface area contributed by atoms with E-state index in [1.165, 1.54) is 0 Å². The van der Waals surface area contributed by atoms with Crippen LogP contribution in [-0.4, -0.2) is 28.3 Å². The van der Waals surface area contributed by atoms with Crippen molar-refractivity contribution in [1.29, 1.82) is 0 Å². The lowest BCUT2D eigenvalue weighted by Gasteiger charge is -2.08.